The fourth-order valence-electron chi connectivity index (χ4n) is 7.79. The lowest BCUT2D eigenvalue weighted by molar-refractivity contribution is -0.144. The van der Waals surface area contributed by atoms with Gasteiger partial charge in [0.1, 0.15) is 48.3 Å². The molecule has 0 radical (unpaired) electrons. The van der Waals surface area contributed by atoms with E-state index in [0.717, 1.165) is 19.4 Å². The van der Waals surface area contributed by atoms with Gasteiger partial charge in [-0.05, 0) is 83.2 Å². The van der Waals surface area contributed by atoms with Crippen LogP contribution in [-0.4, -0.2) is 177 Å². The molecule has 0 aliphatic rings. The number of carbonyl (C=O) groups is 10. The summed E-state index contributed by atoms with van der Waals surface area (Å²) < 4.78 is 0. The van der Waals surface area contributed by atoms with Gasteiger partial charge in [0, 0.05) is 24.9 Å². The van der Waals surface area contributed by atoms with E-state index < -0.39 is 144 Å². The number of carboxylic acids is 1. The third-order valence-corrected chi connectivity index (χ3v) is 12.8. The number of nitrogens with zero attached hydrogens (tertiary/aromatic N) is 2. The zero-order valence-electron chi connectivity index (χ0n) is 46.5. The van der Waals surface area contributed by atoms with Crippen LogP contribution in [0.15, 0.2) is 47.8 Å². The van der Waals surface area contributed by atoms with Gasteiger partial charge in [-0.25, -0.2) is 9.78 Å². The van der Waals surface area contributed by atoms with E-state index in [4.69, 9.17) is 22.9 Å². The van der Waals surface area contributed by atoms with Crippen LogP contribution in [0.1, 0.15) is 98.2 Å². The molecule has 0 aliphatic carbocycles. The molecule has 21 N–H and O–H groups in total. The number of rotatable bonds is 36. The highest BCUT2D eigenvalue weighted by atomic mass is 16.4. The Morgan fingerprint density at radius 3 is 1.75 bits per heavy atom. The lowest BCUT2D eigenvalue weighted by atomic mass is 9.96. The molecule has 29 heteroatoms. The van der Waals surface area contributed by atoms with Gasteiger partial charge in [0.15, 0.2) is 5.96 Å². The van der Waals surface area contributed by atoms with Crippen LogP contribution in [0.3, 0.4) is 0 Å². The predicted molar refractivity (Wildman–Crippen MR) is 293 cm³/mol. The number of guanidine groups is 1. The predicted octanol–water partition coefficient (Wildman–Crippen LogP) is -4.73. The second kappa shape index (κ2) is 35.0. The third kappa shape index (κ3) is 24.1. The van der Waals surface area contributed by atoms with Crippen molar-refractivity contribution < 1.29 is 63.3 Å². The highest BCUT2D eigenvalue weighted by molar-refractivity contribution is 5.98. The fraction of sp³-hybridized carbons (Fsp3) is 0.608. The molecule has 2 rings (SSSR count). The Balaban J connectivity index is 2.28. The van der Waals surface area contributed by atoms with E-state index in [2.05, 4.69) is 62.8 Å². The summed E-state index contributed by atoms with van der Waals surface area (Å²) in [6, 6.07) is -3.38. The first-order chi connectivity index (χ1) is 37.7. The van der Waals surface area contributed by atoms with Crippen LogP contribution in [0.2, 0.25) is 0 Å². The average Bonchev–Trinajstić information content (AvgIpc) is 3.93. The van der Waals surface area contributed by atoms with Crippen molar-refractivity contribution in [2.24, 2.45) is 39.8 Å². The maximum atomic E-state index is 14.2. The first-order valence-corrected chi connectivity index (χ1v) is 26.5. The molecule has 1 aromatic heterocycles. The maximum Gasteiger partial charge on any atom is 0.326 e. The van der Waals surface area contributed by atoms with Crippen LogP contribution in [0, 0.1) is 11.8 Å². The summed E-state index contributed by atoms with van der Waals surface area (Å²) in [6.45, 7) is 9.89. The minimum Gasteiger partial charge on any atom is -0.480 e. The zero-order valence-corrected chi connectivity index (χ0v) is 46.5. The van der Waals surface area contributed by atoms with Crippen LogP contribution in [0.4, 0.5) is 0 Å². The van der Waals surface area contributed by atoms with E-state index in [1.807, 2.05) is 12.1 Å². The first kappa shape index (κ1) is 68.3. The van der Waals surface area contributed by atoms with E-state index in [1.165, 1.54) is 19.4 Å². The highest BCUT2D eigenvalue weighted by Gasteiger charge is 2.37. The molecule has 0 saturated heterocycles. The molecular formula is C51H84N16O13. The zero-order chi connectivity index (χ0) is 60.2. The van der Waals surface area contributed by atoms with Gasteiger partial charge in [-0.3, -0.25) is 48.1 Å². The Hall–Kier alpha value is -7.76. The van der Waals surface area contributed by atoms with Gasteiger partial charge in [0.25, 0.3) is 0 Å². The smallest absolute Gasteiger partial charge is 0.326 e. The molecular weight excluding hydrogens is 1040 g/mol. The van der Waals surface area contributed by atoms with Crippen molar-refractivity contribution in [2.75, 3.05) is 19.6 Å². The van der Waals surface area contributed by atoms with Crippen LogP contribution < -0.4 is 70.8 Å². The molecule has 446 valence electrons. The number of aromatic amines is 1. The van der Waals surface area contributed by atoms with E-state index in [0.29, 0.717) is 18.5 Å². The number of aliphatic hydroxyl groups excluding tert-OH is 2. The van der Waals surface area contributed by atoms with E-state index in [9.17, 15) is 63.3 Å². The molecule has 0 fully saturated rings. The Labute approximate surface area is 464 Å². The quantitative estimate of drug-likeness (QED) is 0.0173. The Morgan fingerprint density at radius 2 is 1.19 bits per heavy atom. The van der Waals surface area contributed by atoms with Crippen molar-refractivity contribution in [2.45, 2.75) is 166 Å². The van der Waals surface area contributed by atoms with Crippen LogP contribution >= 0.6 is 0 Å². The molecule has 0 bridgehead atoms. The number of aromatic nitrogens is 2. The number of nitrogens with two attached hydrogens (primary N) is 4. The second-order valence-electron chi connectivity index (χ2n) is 19.9. The summed E-state index contributed by atoms with van der Waals surface area (Å²) in [6.07, 6.45) is 0.628. The van der Waals surface area contributed by atoms with Crippen molar-refractivity contribution in [1.29, 1.82) is 0 Å². The number of hydrogen-bond acceptors (Lipinski definition) is 16. The van der Waals surface area contributed by atoms with E-state index in [-0.39, 0.29) is 57.6 Å². The monoisotopic (exact) mass is 1130 g/mol. The lowest BCUT2D eigenvalue weighted by Gasteiger charge is -2.29. The number of hydrogen-bond donors (Lipinski definition) is 17. The molecule has 0 aliphatic heterocycles. The molecule has 80 heavy (non-hydrogen) atoms. The van der Waals surface area contributed by atoms with Gasteiger partial charge < -0.3 is 91.1 Å². The number of H-pyrrole nitrogens is 1. The number of aliphatic carboxylic acids is 1. The molecule has 1 aromatic carbocycles. The number of imidazole rings is 1. The standard InChI is InChI=1S/C51H84N16O13/c1-8-27(4)39(48(77)64-38(26(2)3)50(79)80)65-45(74)34(17-12-20-52)61-37(70)24-58-47(76)40(29(6)68)67-49(78)41(30(7)69)66-46(75)36(22-32-23-56-25-59-32)63-44(73)35(19-18-31-14-10-9-11-15-31)62-42(71)28(5)60-43(72)33(53)16-13-21-57-51(54)55/h9-11,14-15,23,25-30,33-36,38-41,68-69H,8,12-13,16-22,24,52-53H2,1-7H3,(H,56,59)(H,58,76)(H,60,72)(H,61,70)(H,62,71)(H,63,73)(H,64,77)(H,65,74)(H,66,75)(H,67,78)(H,79,80)(H4,54,55,57)/t27?,28-,29+,30+,33-,34-,35-,36-,38+,39-,40-,41-/m0/s1. The summed E-state index contributed by atoms with van der Waals surface area (Å²) in [5, 5.41) is 53.4. The normalized spacial score (nSPS) is 15.7. The van der Waals surface area contributed by atoms with Gasteiger partial charge in [-0.2, -0.15) is 0 Å². The number of aliphatic hydroxyl groups is 2. The number of benzene rings is 1. The maximum absolute atomic E-state index is 14.2. The first-order valence-electron chi connectivity index (χ1n) is 26.5. The molecule has 2 aromatic rings. The van der Waals surface area contributed by atoms with Crippen LogP contribution in [0.5, 0.6) is 0 Å². The van der Waals surface area contributed by atoms with Gasteiger partial charge >= 0.3 is 5.97 Å². The number of carboxylic acid groups (broad SMARTS) is 1. The summed E-state index contributed by atoms with van der Waals surface area (Å²) in [7, 11) is 0. The molecule has 9 amide bonds. The second-order valence-corrected chi connectivity index (χ2v) is 19.9. The van der Waals surface area contributed by atoms with E-state index in [1.54, 1.807) is 45.9 Å². The molecule has 1 unspecified atom stereocenters. The fourth-order valence-corrected chi connectivity index (χ4v) is 7.79. The number of aliphatic imine (C=N–C) groups is 1. The Bertz CT molecular complexity index is 2370. The largest absolute Gasteiger partial charge is 0.480 e. The topological polar surface area (TPSA) is 485 Å². The molecule has 12 atom stereocenters. The minimum absolute atomic E-state index is 0.000917. The minimum atomic E-state index is -1.83. The van der Waals surface area contributed by atoms with Crippen molar-refractivity contribution in [3.63, 3.8) is 0 Å². The van der Waals surface area contributed by atoms with Gasteiger partial charge in [0.05, 0.1) is 31.1 Å². The van der Waals surface area contributed by atoms with Crippen molar-refractivity contribution in [1.82, 2.24) is 57.8 Å². The highest BCUT2D eigenvalue weighted by Crippen LogP contribution is 2.13. The molecule has 0 spiro atoms. The SMILES string of the molecule is CCC(C)[C@H](NC(=O)[C@H](CCCN)NC(=O)CNC(=O)[C@@H](NC(=O)[C@@H](NC(=O)[C@H](Cc1cnc[nH]1)NC(=O)[C@H](CCc1ccccc1)NC(=O)[C@H](C)NC(=O)[C@@H](N)CCCN=C(N)N)[C@@H](C)O)[C@@H](C)O)C(=O)N[C@@H](C(=O)O)C(C)C. The van der Waals surface area contributed by atoms with Crippen molar-refractivity contribution in [3.8, 4) is 0 Å². The third-order valence-electron chi connectivity index (χ3n) is 12.8. The number of carbonyl (C=O) groups excluding carboxylic acids is 9. The number of aryl methyl sites for hydroxylation is 1. The van der Waals surface area contributed by atoms with Gasteiger partial charge in [-0.1, -0.05) is 64.4 Å². The molecule has 1 heterocycles. The number of nitrogens with one attached hydrogen (secondary N) is 10. The Morgan fingerprint density at radius 1 is 0.637 bits per heavy atom. The summed E-state index contributed by atoms with van der Waals surface area (Å²) in [4.78, 5) is 145. The van der Waals surface area contributed by atoms with Crippen molar-refractivity contribution in [3.05, 3.63) is 54.1 Å². The molecule has 29 nitrogen and oxygen atoms in total. The van der Waals surface area contributed by atoms with Gasteiger partial charge in [-0.15, -0.1) is 0 Å². The lowest BCUT2D eigenvalue weighted by Crippen LogP contribution is -2.62. The van der Waals surface area contributed by atoms with Crippen LogP contribution in [-0.2, 0) is 60.8 Å². The summed E-state index contributed by atoms with van der Waals surface area (Å²) in [5.41, 5.74) is 23.5. The Kier molecular flexibility index (Phi) is 29.9. The molecule has 0 saturated carbocycles. The van der Waals surface area contributed by atoms with E-state index >= 15 is 0 Å². The number of amides is 9. The summed E-state index contributed by atoms with van der Waals surface area (Å²) >= 11 is 0. The van der Waals surface area contributed by atoms with Gasteiger partial charge in [0.2, 0.25) is 53.2 Å². The average molecular weight is 1130 g/mol. The van der Waals surface area contributed by atoms with Crippen molar-refractivity contribution >= 4 is 65.1 Å². The van der Waals surface area contributed by atoms with Crippen LogP contribution in [0.25, 0.3) is 0 Å². The summed E-state index contributed by atoms with van der Waals surface area (Å²) in [5.74, 6) is -10.3.